The van der Waals surface area contributed by atoms with E-state index in [1.807, 2.05) is 42.6 Å². The van der Waals surface area contributed by atoms with Crippen LogP contribution >= 0.6 is 0 Å². The molecule has 0 saturated heterocycles. The standard InChI is InChI=1S/C15H19N3O2/c1-15(20,13-6-3-2-4-7-13)12-16-14(19)8-11-18-10-5-9-17-18/h2-7,9-10,20H,8,11-12H2,1H3,(H,16,19). The average molecular weight is 273 g/mol. The molecule has 0 spiro atoms. The third kappa shape index (κ3) is 3.93. The van der Waals surface area contributed by atoms with Crippen molar-refractivity contribution in [2.24, 2.45) is 0 Å². The normalized spacial score (nSPS) is 13.7. The number of hydrogen-bond acceptors (Lipinski definition) is 3. The molecule has 1 aromatic heterocycles. The first-order chi connectivity index (χ1) is 9.58. The average Bonchev–Trinajstić information content (AvgIpc) is 2.97. The maximum absolute atomic E-state index is 11.8. The molecule has 5 heteroatoms. The zero-order chi connectivity index (χ0) is 14.4. The van der Waals surface area contributed by atoms with Crippen LogP contribution in [0.3, 0.4) is 0 Å². The van der Waals surface area contributed by atoms with Crippen molar-refractivity contribution in [3.05, 3.63) is 54.4 Å². The number of aryl methyl sites for hydroxylation is 1. The van der Waals surface area contributed by atoms with Gasteiger partial charge in [-0.3, -0.25) is 9.48 Å². The van der Waals surface area contributed by atoms with Crippen molar-refractivity contribution >= 4 is 5.91 Å². The quantitative estimate of drug-likeness (QED) is 0.833. The fourth-order valence-electron chi connectivity index (χ4n) is 1.91. The predicted octanol–water partition coefficient (Wildman–Crippen LogP) is 1.30. The summed E-state index contributed by atoms with van der Waals surface area (Å²) in [6.07, 6.45) is 3.83. The second kappa shape index (κ2) is 6.34. The molecule has 0 bridgehead atoms. The Kier molecular flexibility index (Phi) is 4.53. The molecule has 2 aromatic rings. The number of nitrogens with zero attached hydrogens (tertiary/aromatic N) is 2. The highest BCUT2D eigenvalue weighted by Gasteiger charge is 2.23. The molecule has 106 valence electrons. The third-order valence-electron chi connectivity index (χ3n) is 3.15. The van der Waals surface area contributed by atoms with Gasteiger partial charge in [0.25, 0.3) is 0 Å². The molecule has 0 radical (unpaired) electrons. The molecule has 0 aliphatic heterocycles. The van der Waals surface area contributed by atoms with Gasteiger partial charge in [-0.2, -0.15) is 5.10 Å². The second-order valence-corrected chi connectivity index (χ2v) is 4.94. The smallest absolute Gasteiger partial charge is 0.221 e. The van der Waals surface area contributed by atoms with Crippen molar-refractivity contribution in [1.29, 1.82) is 0 Å². The van der Waals surface area contributed by atoms with E-state index in [9.17, 15) is 9.90 Å². The van der Waals surface area contributed by atoms with Gasteiger partial charge in [0.05, 0.1) is 6.54 Å². The number of carbonyl (C=O) groups excluding carboxylic acids is 1. The molecule has 0 fully saturated rings. The zero-order valence-corrected chi connectivity index (χ0v) is 11.5. The lowest BCUT2D eigenvalue weighted by Gasteiger charge is -2.24. The molecule has 1 atom stereocenters. The summed E-state index contributed by atoms with van der Waals surface area (Å²) in [5.41, 5.74) is -0.282. The highest BCUT2D eigenvalue weighted by Crippen LogP contribution is 2.18. The van der Waals surface area contributed by atoms with E-state index in [2.05, 4.69) is 10.4 Å². The minimum Gasteiger partial charge on any atom is -0.384 e. The number of aliphatic hydroxyl groups is 1. The van der Waals surface area contributed by atoms with Gasteiger partial charge in [-0.05, 0) is 18.6 Å². The van der Waals surface area contributed by atoms with Crippen molar-refractivity contribution in [2.45, 2.75) is 25.5 Å². The van der Waals surface area contributed by atoms with Gasteiger partial charge in [0, 0.05) is 25.4 Å². The maximum Gasteiger partial charge on any atom is 0.221 e. The number of aromatic nitrogens is 2. The molecular weight excluding hydrogens is 254 g/mol. The van der Waals surface area contributed by atoms with Crippen LogP contribution in [0, 0.1) is 0 Å². The van der Waals surface area contributed by atoms with Crippen LogP contribution in [0.5, 0.6) is 0 Å². The van der Waals surface area contributed by atoms with E-state index in [0.717, 1.165) is 5.56 Å². The minimum absolute atomic E-state index is 0.100. The van der Waals surface area contributed by atoms with Crippen molar-refractivity contribution in [3.63, 3.8) is 0 Å². The van der Waals surface area contributed by atoms with Crippen LogP contribution in [0.25, 0.3) is 0 Å². The Labute approximate surface area is 118 Å². The predicted molar refractivity (Wildman–Crippen MR) is 75.9 cm³/mol. The van der Waals surface area contributed by atoms with Crippen LogP contribution in [0.4, 0.5) is 0 Å². The Morgan fingerprint density at radius 3 is 2.75 bits per heavy atom. The lowest BCUT2D eigenvalue weighted by atomic mass is 9.96. The molecule has 2 N–H and O–H groups in total. The molecule has 1 unspecified atom stereocenters. The van der Waals surface area contributed by atoms with Crippen LogP contribution in [0.1, 0.15) is 18.9 Å². The Hall–Kier alpha value is -2.14. The first-order valence-electron chi connectivity index (χ1n) is 6.60. The fourth-order valence-corrected chi connectivity index (χ4v) is 1.91. The summed E-state index contributed by atoms with van der Waals surface area (Å²) in [5, 5.41) is 17.1. The van der Waals surface area contributed by atoms with E-state index in [4.69, 9.17) is 0 Å². The minimum atomic E-state index is -1.07. The van der Waals surface area contributed by atoms with E-state index in [1.165, 1.54) is 0 Å². The SMILES string of the molecule is CC(O)(CNC(=O)CCn1cccn1)c1ccccc1. The highest BCUT2D eigenvalue weighted by molar-refractivity contribution is 5.75. The molecule has 5 nitrogen and oxygen atoms in total. The van der Waals surface area contributed by atoms with Crippen molar-refractivity contribution in [2.75, 3.05) is 6.54 Å². The van der Waals surface area contributed by atoms with E-state index in [0.29, 0.717) is 13.0 Å². The molecule has 1 aromatic carbocycles. The number of hydrogen-bond donors (Lipinski definition) is 2. The van der Waals surface area contributed by atoms with Crippen LogP contribution in [0.15, 0.2) is 48.8 Å². The van der Waals surface area contributed by atoms with Crippen LogP contribution in [-0.4, -0.2) is 27.3 Å². The number of nitrogens with one attached hydrogen (secondary N) is 1. The van der Waals surface area contributed by atoms with Gasteiger partial charge in [0.1, 0.15) is 5.60 Å². The van der Waals surface area contributed by atoms with Gasteiger partial charge in [-0.25, -0.2) is 0 Å². The number of amides is 1. The Morgan fingerprint density at radius 1 is 1.35 bits per heavy atom. The van der Waals surface area contributed by atoms with E-state index < -0.39 is 5.60 Å². The topological polar surface area (TPSA) is 67.2 Å². The van der Waals surface area contributed by atoms with Gasteiger partial charge in [-0.1, -0.05) is 30.3 Å². The zero-order valence-electron chi connectivity index (χ0n) is 11.5. The Morgan fingerprint density at radius 2 is 2.10 bits per heavy atom. The molecule has 0 aliphatic carbocycles. The number of benzene rings is 1. The summed E-state index contributed by atoms with van der Waals surface area (Å²) in [4.78, 5) is 11.8. The molecule has 0 aliphatic rings. The Bertz CT molecular complexity index is 536. The third-order valence-corrected chi connectivity index (χ3v) is 3.15. The molecule has 20 heavy (non-hydrogen) atoms. The van der Waals surface area contributed by atoms with Crippen molar-refractivity contribution in [1.82, 2.24) is 15.1 Å². The molecule has 1 amide bonds. The van der Waals surface area contributed by atoms with E-state index >= 15 is 0 Å². The summed E-state index contributed by atoms with van der Waals surface area (Å²) in [6, 6.07) is 11.1. The summed E-state index contributed by atoms with van der Waals surface area (Å²) in [6.45, 7) is 2.41. The second-order valence-electron chi connectivity index (χ2n) is 4.94. The van der Waals surface area contributed by atoms with Gasteiger partial charge in [0.15, 0.2) is 0 Å². The van der Waals surface area contributed by atoms with Crippen molar-refractivity contribution < 1.29 is 9.90 Å². The van der Waals surface area contributed by atoms with Gasteiger partial charge in [0.2, 0.25) is 5.91 Å². The van der Waals surface area contributed by atoms with Crippen LogP contribution < -0.4 is 5.32 Å². The van der Waals surface area contributed by atoms with E-state index in [1.54, 1.807) is 17.8 Å². The summed E-state index contributed by atoms with van der Waals surface area (Å²) >= 11 is 0. The van der Waals surface area contributed by atoms with Crippen LogP contribution in [0.2, 0.25) is 0 Å². The van der Waals surface area contributed by atoms with Crippen molar-refractivity contribution in [3.8, 4) is 0 Å². The molecule has 1 heterocycles. The molecular formula is C15H19N3O2. The van der Waals surface area contributed by atoms with Gasteiger partial charge in [-0.15, -0.1) is 0 Å². The lowest BCUT2D eigenvalue weighted by Crippen LogP contribution is -2.38. The molecule has 0 saturated carbocycles. The van der Waals surface area contributed by atoms with Crippen LogP contribution in [-0.2, 0) is 16.9 Å². The Balaban J connectivity index is 1.80. The monoisotopic (exact) mass is 273 g/mol. The summed E-state index contributed by atoms with van der Waals surface area (Å²) in [7, 11) is 0. The lowest BCUT2D eigenvalue weighted by molar-refractivity contribution is -0.122. The largest absolute Gasteiger partial charge is 0.384 e. The van der Waals surface area contributed by atoms with E-state index in [-0.39, 0.29) is 12.5 Å². The highest BCUT2D eigenvalue weighted by atomic mass is 16.3. The fraction of sp³-hybridized carbons (Fsp3) is 0.333. The number of carbonyl (C=O) groups is 1. The first-order valence-corrected chi connectivity index (χ1v) is 6.60. The summed E-state index contributed by atoms with van der Waals surface area (Å²) in [5.74, 6) is -0.100. The summed E-state index contributed by atoms with van der Waals surface area (Å²) < 4.78 is 1.70. The first kappa shape index (κ1) is 14.3. The van der Waals surface area contributed by atoms with Gasteiger partial charge >= 0.3 is 0 Å². The number of rotatable bonds is 6. The molecule has 2 rings (SSSR count). The van der Waals surface area contributed by atoms with Gasteiger partial charge < -0.3 is 10.4 Å². The maximum atomic E-state index is 11.8.